The highest BCUT2D eigenvalue weighted by atomic mass is 35.5. The zero-order valence-corrected chi connectivity index (χ0v) is 12.9. The van der Waals surface area contributed by atoms with Crippen LogP contribution < -0.4 is 10.6 Å². The zero-order chi connectivity index (χ0) is 15.7. The number of aromatic nitrogens is 1. The van der Waals surface area contributed by atoms with E-state index in [1.165, 1.54) is 0 Å². The second-order valence-electron chi connectivity index (χ2n) is 5.28. The van der Waals surface area contributed by atoms with Gasteiger partial charge in [0.05, 0.1) is 0 Å². The maximum atomic E-state index is 12.5. The molecule has 22 heavy (non-hydrogen) atoms. The van der Waals surface area contributed by atoms with Gasteiger partial charge in [-0.05, 0) is 36.2 Å². The summed E-state index contributed by atoms with van der Waals surface area (Å²) in [7, 11) is 0. The number of carbonyl (C=O) groups is 2. The van der Waals surface area contributed by atoms with E-state index in [2.05, 4.69) is 10.6 Å². The summed E-state index contributed by atoms with van der Waals surface area (Å²) in [4.78, 5) is 24.3. The first-order chi connectivity index (χ1) is 10.6. The predicted octanol–water partition coefficient (Wildman–Crippen LogP) is 2.12. The number of benzene rings is 1. The third-order valence-electron chi connectivity index (χ3n) is 3.72. The molecule has 2 amide bonds. The van der Waals surface area contributed by atoms with Crippen LogP contribution in [0.2, 0.25) is 5.02 Å². The van der Waals surface area contributed by atoms with Gasteiger partial charge >= 0.3 is 0 Å². The van der Waals surface area contributed by atoms with E-state index in [0.29, 0.717) is 36.0 Å². The lowest BCUT2D eigenvalue weighted by atomic mass is 10.2. The lowest BCUT2D eigenvalue weighted by molar-refractivity contribution is 0.0919. The number of amides is 2. The fourth-order valence-electron chi connectivity index (χ4n) is 2.65. The molecule has 114 valence electrons. The number of nitrogens with one attached hydrogen (secondary N) is 2. The Balaban J connectivity index is 1.78. The van der Waals surface area contributed by atoms with Crippen molar-refractivity contribution in [3.05, 3.63) is 57.9 Å². The van der Waals surface area contributed by atoms with Gasteiger partial charge in [0, 0.05) is 24.7 Å². The number of nitrogens with zero attached hydrogens (tertiary/aromatic N) is 1. The Morgan fingerprint density at radius 3 is 2.82 bits per heavy atom. The van der Waals surface area contributed by atoms with Crippen LogP contribution in [-0.4, -0.2) is 22.9 Å². The molecule has 3 rings (SSSR count). The molecule has 2 N–H and O–H groups in total. The van der Waals surface area contributed by atoms with Crippen molar-refractivity contribution in [1.29, 1.82) is 0 Å². The molecule has 0 radical (unpaired) electrons. The van der Waals surface area contributed by atoms with Crippen LogP contribution in [0.1, 0.15) is 32.1 Å². The van der Waals surface area contributed by atoms with Crippen molar-refractivity contribution in [2.24, 2.45) is 0 Å². The summed E-state index contributed by atoms with van der Waals surface area (Å²) >= 11 is 5.84. The molecule has 0 saturated heterocycles. The van der Waals surface area contributed by atoms with Gasteiger partial charge in [-0.15, -0.1) is 0 Å². The van der Waals surface area contributed by atoms with E-state index in [9.17, 15) is 9.59 Å². The third-order valence-corrected chi connectivity index (χ3v) is 3.97. The van der Waals surface area contributed by atoms with E-state index in [0.717, 1.165) is 11.1 Å². The number of hydrogen-bond acceptors (Lipinski definition) is 2. The lowest BCUT2D eigenvalue weighted by Gasteiger charge is -2.18. The Hall–Kier alpha value is -2.27. The molecule has 1 aliphatic heterocycles. The van der Waals surface area contributed by atoms with Crippen LogP contribution in [0.15, 0.2) is 30.3 Å². The number of aryl methyl sites for hydroxylation is 1. The predicted molar refractivity (Wildman–Crippen MR) is 84.1 cm³/mol. The van der Waals surface area contributed by atoms with Gasteiger partial charge in [0.1, 0.15) is 11.4 Å². The highest BCUT2D eigenvalue weighted by Gasteiger charge is 2.24. The molecule has 2 aromatic rings. The van der Waals surface area contributed by atoms with Gasteiger partial charge in [-0.1, -0.05) is 23.7 Å². The molecular weight excluding hydrogens is 302 g/mol. The van der Waals surface area contributed by atoms with E-state index in [1.807, 2.05) is 19.1 Å². The molecule has 0 fully saturated rings. The molecule has 0 unspecified atom stereocenters. The smallest absolute Gasteiger partial charge is 0.268 e. The van der Waals surface area contributed by atoms with Crippen LogP contribution in [0.3, 0.4) is 0 Å². The van der Waals surface area contributed by atoms with Crippen molar-refractivity contribution in [2.45, 2.75) is 20.0 Å². The van der Waals surface area contributed by atoms with Crippen molar-refractivity contribution in [1.82, 2.24) is 15.2 Å². The molecule has 1 aromatic heterocycles. The Labute approximate surface area is 133 Å². The summed E-state index contributed by atoms with van der Waals surface area (Å²) in [6.45, 7) is 3.41. The van der Waals surface area contributed by atoms with E-state index < -0.39 is 0 Å². The van der Waals surface area contributed by atoms with Crippen LogP contribution in [0, 0.1) is 6.92 Å². The maximum absolute atomic E-state index is 12.5. The Kier molecular flexibility index (Phi) is 3.90. The highest BCUT2D eigenvalue weighted by Crippen LogP contribution is 2.18. The minimum absolute atomic E-state index is 0.133. The molecule has 0 spiro atoms. The molecule has 6 heteroatoms. The third kappa shape index (κ3) is 2.72. The average molecular weight is 318 g/mol. The molecule has 1 aromatic carbocycles. The zero-order valence-electron chi connectivity index (χ0n) is 12.1. The fourth-order valence-corrected chi connectivity index (χ4v) is 2.77. The van der Waals surface area contributed by atoms with Gasteiger partial charge in [0.25, 0.3) is 11.8 Å². The average Bonchev–Trinajstić information content (AvgIpc) is 2.84. The number of rotatable bonds is 3. The van der Waals surface area contributed by atoms with E-state index in [-0.39, 0.29) is 11.8 Å². The molecule has 2 heterocycles. The first kappa shape index (κ1) is 14.7. The molecule has 0 saturated carbocycles. The van der Waals surface area contributed by atoms with Crippen molar-refractivity contribution in [3.63, 3.8) is 0 Å². The molecule has 1 aliphatic rings. The van der Waals surface area contributed by atoms with Crippen molar-refractivity contribution in [2.75, 3.05) is 6.54 Å². The SMILES string of the molecule is Cc1cc2n(c1C(=O)NCc1ccc(Cl)cc1)CCNC2=O. The van der Waals surface area contributed by atoms with Gasteiger partial charge in [-0.25, -0.2) is 0 Å². The molecule has 5 nitrogen and oxygen atoms in total. The van der Waals surface area contributed by atoms with Crippen LogP contribution in [-0.2, 0) is 13.1 Å². The minimum atomic E-state index is -0.173. The maximum Gasteiger partial charge on any atom is 0.268 e. The summed E-state index contributed by atoms with van der Waals surface area (Å²) in [5.41, 5.74) is 2.87. The molecule has 0 aliphatic carbocycles. The van der Waals surface area contributed by atoms with Crippen LogP contribution in [0.25, 0.3) is 0 Å². The highest BCUT2D eigenvalue weighted by molar-refractivity contribution is 6.30. The lowest BCUT2D eigenvalue weighted by Crippen LogP contribution is -2.37. The van der Waals surface area contributed by atoms with Crippen LogP contribution in [0.4, 0.5) is 0 Å². The van der Waals surface area contributed by atoms with Crippen LogP contribution >= 0.6 is 11.6 Å². The largest absolute Gasteiger partial charge is 0.349 e. The monoisotopic (exact) mass is 317 g/mol. The molecule has 0 bridgehead atoms. The summed E-state index contributed by atoms with van der Waals surface area (Å²) in [6.07, 6.45) is 0. The van der Waals surface area contributed by atoms with Gasteiger partial charge in [-0.2, -0.15) is 0 Å². The van der Waals surface area contributed by atoms with Crippen molar-refractivity contribution >= 4 is 23.4 Å². The minimum Gasteiger partial charge on any atom is -0.349 e. The van der Waals surface area contributed by atoms with E-state index in [1.54, 1.807) is 22.8 Å². The summed E-state index contributed by atoms with van der Waals surface area (Å²) in [5.74, 6) is -0.306. The van der Waals surface area contributed by atoms with E-state index >= 15 is 0 Å². The van der Waals surface area contributed by atoms with Crippen molar-refractivity contribution < 1.29 is 9.59 Å². The van der Waals surface area contributed by atoms with E-state index in [4.69, 9.17) is 11.6 Å². The number of fused-ring (bicyclic) bond motifs is 1. The normalized spacial score (nSPS) is 13.5. The first-order valence-corrected chi connectivity index (χ1v) is 7.45. The number of hydrogen-bond donors (Lipinski definition) is 2. The Morgan fingerprint density at radius 2 is 2.09 bits per heavy atom. The Bertz CT molecular complexity index is 735. The van der Waals surface area contributed by atoms with Crippen LogP contribution in [0.5, 0.6) is 0 Å². The topological polar surface area (TPSA) is 63.1 Å². The van der Waals surface area contributed by atoms with Gasteiger partial charge in [-0.3, -0.25) is 9.59 Å². The Morgan fingerprint density at radius 1 is 1.36 bits per heavy atom. The second kappa shape index (κ2) is 5.85. The quantitative estimate of drug-likeness (QED) is 0.911. The standard InChI is InChI=1S/C16H16ClN3O2/c1-10-8-13-15(21)18-6-7-20(13)14(10)16(22)19-9-11-2-4-12(17)5-3-11/h2-5,8H,6-7,9H2,1H3,(H,18,21)(H,19,22). The number of halogens is 1. The molecular formula is C16H16ClN3O2. The fraction of sp³-hybridized carbons (Fsp3) is 0.250. The summed E-state index contributed by atoms with van der Waals surface area (Å²) < 4.78 is 1.78. The summed E-state index contributed by atoms with van der Waals surface area (Å²) in [5, 5.41) is 6.33. The second-order valence-corrected chi connectivity index (χ2v) is 5.71. The number of carbonyl (C=O) groups excluding carboxylic acids is 2. The van der Waals surface area contributed by atoms with Gasteiger partial charge in [0.2, 0.25) is 0 Å². The first-order valence-electron chi connectivity index (χ1n) is 7.07. The van der Waals surface area contributed by atoms with Crippen molar-refractivity contribution in [3.8, 4) is 0 Å². The van der Waals surface area contributed by atoms with Gasteiger partial charge in [0.15, 0.2) is 0 Å². The van der Waals surface area contributed by atoms with Gasteiger partial charge < -0.3 is 15.2 Å². The molecule has 0 atom stereocenters. The summed E-state index contributed by atoms with van der Waals surface area (Å²) in [6, 6.07) is 9.08.